The highest BCUT2D eigenvalue weighted by Gasteiger charge is 2.29. The molecule has 152 valence electrons. The molecule has 4 aromatic rings. The van der Waals surface area contributed by atoms with Gasteiger partial charge in [0.1, 0.15) is 11.5 Å². The Kier molecular flexibility index (Phi) is 4.31. The summed E-state index contributed by atoms with van der Waals surface area (Å²) in [5, 5.41) is 0.584. The Morgan fingerprint density at radius 1 is 1.10 bits per heavy atom. The Labute approximate surface area is 172 Å². The van der Waals surface area contributed by atoms with Crippen LogP contribution in [0, 0.1) is 5.82 Å². The van der Waals surface area contributed by atoms with Gasteiger partial charge < -0.3 is 19.2 Å². The number of benzene rings is 2. The van der Waals surface area contributed by atoms with Crippen molar-refractivity contribution in [1.29, 1.82) is 0 Å². The van der Waals surface area contributed by atoms with Crippen LogP contribution in [0.5, 0.6) is 0 Å². The van der Waals surface area contributed by atoms with E-state index in [1.165, 1.54) is 12.1 Å². The highest BCUT2D eigenvalue weighted by Crippen LogP contribution is 2.22. The maximum atomic E-state index is 13.2. The number of halogens is 1. The standard InChI is InChI=1S/C23H21FN4O2/c1-15-13-26(18-8-6-17(24)7-9-18)10-11-27(15)23(30)16-12-21-25-22(29)19-4-2-3-5-20(19)28(21)14-16/h2-9,12,14-15H,10-11,13H2,1H3,(H,25,29). The molecule has 3 heterocycles. The molecule has 5 rings (SSSR count). The molecule has 1 saturated heterocycles. The second-order valence-corrected chi connectivity index (χ2v) is 7.73. The third-order valence-corrected chi connectivity index (χ3v) is 5.80. The number of hydrogen-bond acceptors (Lipinski definition) is 3. The Morgan fingerprint density at radius 3 is 2.63 bits per heavy atom. The number of para-hydroxylation sites is 1. The van der Waals surface area contributed by atoms with Crippen molar-refractivity contribution in [3.63, 3.8) is 0 Å². The number of carbonyl (C=O) groups excluding carboxylic acids is 1. The first-order valence-corrected chi connectivity index (χ1v) is 9.96. The molecular formula is C23H21FN4O2. The average molecular weight is 404 g/mol. The van der Waals surface area contributed by atoms with Crippen molar-refractivity contribution in [2.75, 3.05) is 24.5 Å². The predicted molar refractivity (Wildman–Crippen MR) is 115 cm³/mol. The molecule has 7 heteroatoms. The Hall–Kier alpha value is -3.61. The van der Waals surface area contributed by atoms with E-state index >= 15 is 0 Å². The molecular weight excluding hydrogens is 383 g/mol. The molecule has 2 aromatic heterocycles. The summed E-state index contributed by atoms with van der Waals surface area (Å²) >= 11 is 0. The van der Waals surface area contributed by atoms with Crippen molar-refractivity contribution in [2.24, 2.45) is 0 Å². The van der Waals surface area contributed by atoms with Crippen LogP contribution in [0.4, 0.5) is 10.1 Å². The lowest BCUT2D eigenvalue weighted by molar-refractivity contribution is 0.0674. The van der Waals surface area contributed by atoms with Crippen molar-refractivity contribution < 1.29 is 9.18 Å². The fraction of sp³-hybridized carbons (Fsp3) is 0.217. The van der Waals surface area contributed by atoms with Crippen LogP contribution in [-0.2, 0) is 0 Å². The van der Waals surface area contributed by atoms with Crippen molar-refractivity contribution >= 4 is 28.1 Å². The highest BCUT2D eigenvalue weighted by atomic mass is 19.1. The van der Waals surface area contributed by atoms with Crippen molar-refractivity contribution in [3.8, 4) is 0 Å². The molecule has 1 aliphatic heterocycles. The molecule has 0 saturated carbocycles. The van der Waals surface area contributed by atoms with Gasteiger partial charge >= 0.3 is 0 Å². The molecule has 2 aromatic carbocycles. The average Bonchev–Trinajstić information content (AvgIpc) is 3.18. The number of anilines is 1. The number of fused-ring (bicyclic) bond motifs is 3. The molecule has 1 aliphatic rings. The van der Waals surface area contributed by atoms with Gasteiger partial charge in [0.25, 0.3) is 11.5 Å². The maximum absolute atomic E-state index is 13.2. The zero-order valence-electron chi connectivity index (χ0n) is 16.5. The van der Waals surface area contributed by atoms with Gasteiger partial charge in [-0.2, -0.15) is 0 Å². The number of nitrogens with zero attached hydrogens (tertiary/aromatic N) is 3. The Morgan fingerprint density at radius 2 is 1.87 bits per heavy atom. The van der Waals surface area contributed by atoms with Crippen LogP contribution in [0.2, 0.25) is 0 Å². The minimum Gasteiger partial charge on any atom is -0.368 e. The first-order valence-electron chi connectivity index (χ1n) is 9.96. The van der Waals surface area contributed by atoms with Gasteiger partial charge in [0, 0.05) is 37.6 Å². The molecule has 1 N–H and O–H groups in total. The van der Waals surface area contributed by atoms with E-state index in [-0.39, 0.29) is 23.3 Å². The topological polar surface area (TPSA) is 60.8 Å². The van der Waals surface area contributed by atoms with E-state index in [9.17, 15) is 14.0 Å². The molecule has 1 atom stereocenters. The van der Waals surface area contributed by atoms with Gasteiger partial charge in [-0.25, -0.2) is 4.39 Å². The SMILES string of the molecule is CC1CN(c2ccc(F)cc2)CCN1C(=O)c1cc2[nH]c(=O)c3ccccc3n2c1. The number of hydrogen-bond donors (Lipinski definition) is 1. The molecule has 0 radical (unpaired) electrons. The van der Waals surface area contributed by atoms with E-state index in [1.54, 1.807) is 30.5 Å². The zero-order valence-corrected chi connectivity index (χ0v) is 16.5. The van der Waals surface area contributed by atoms with Gasteiger partial charge in [0.05, 0.1) is 16.5 Å². The van der Waals surface area contributed by atoms with Crippen molar-refractivity contribution in [3.05, 3.63) is 82.5 Å². The van der Waals surface area contributed by atoms with Crippen LogP contribution in [0.25, 0.3) is 16.6 Å². The van der Waals surface area contributed by atoms with E-state index in [0.29, 0.717) is 36.2 Å². The number of aromatic nitrogens is 2. The summed E-state index contributed by atoms with van der Waals surface area (Å²) in [5.41, 5.74) is 2.69. The third kappa shape index (κ3) is 3.03. The summed E-state index contributed by atoms with van der Waals surface area (Å²) < 4.78 is 15.1. The highest BCUT2D eigenvalue weighted by molar-refractivity contribution is 5.96. The monoisotopic (exact) mass is 404 g/mol. The third-order valence-electron chi connectivity index (χ3n) is 5.80. The summed E-state index contributed by atoms with van der Waals surface area (Å²) in [6, 6.07) is 15.5. The van der Waals surface area contributed by atoms with Crippen LogP contribution in [0.15, 0.2) is 65.6 Å². The van der Waals surface area contributed by atoms with E-state index in [0.717, 1.165) is 11.2 Å². The summed E-state index contributed by atoms with van der Waals surface area (Å²) in [5.74, 6) is -0.318. The van der Waals surface area contributed by atoms with Crippen molar-refractivity contribution in [2.45, 2.75) is 13.0 Å². The summed E-state index contributed by atoms with van der Waals surface area (Å²) in [6.07, 6.45) is 1.79. The minimum atomic E-state index is -0.257. The molecule has 1 fully saturated rings. The number of amides is 1. The molecule has 30 heavy (non-hydrogen) atoms. The van der Waals surface area contributed by atoms with Crippen LogP contribution >= 0.6 is 0 Å². The Balaban J connectivity index is 1.42. The first-order chi connectivity index (χ1) is 14.5. The van der Waals surface area contributed by atoms with Crippen LogP contribution in [-0.4, -0.2) is 45.9 Å². The number of piperazine rings is 1. The molecule has 1 unspecified atom stereocenters. The molecule has 0 spiro atoms. The second-order valence-electron chi connectivity index (χ2n) is 7.73. The fourth-order valence-corrected chi connectivity index (χ4v) is 4.25. The Bertz CT molecular complexity index is 1310. The largest absolute Gasteiger partial charge is 0.368 e. The molecule has 6 nitrogen and oxygen atoms in total. The van der Waals surface area contributed by atoms with Gasteiger partial charge in [-0.1, -0.05) is 12.1 Å². The lowest BCUT2D eigenvalue weighted by Gasteiger charge is -2.41. The zero-order chi connectivity index (χ0) is 20.8. The number of H-pyrrole nitrogens is 1. The van der Waals surface area contributed by atoms with Crippen LogP contribution in [0.1, 0.15) is 17.3 Å². The smallest absolute Gasteiger partial charge is 0.258 e. The van der Waals surface area contributed by atoms with Gasteiger partial charge in [0.15, 0.2) is 0 Å². The van der Waals surface area contributed by atoms with Crippen LogP contribution in [0.3, 0.4) is 0 Å². The minimum absolute atomic E-state index is 0.00453. The number of nitrogens with one attached hydrogen (secondary N) is 1. The molecule has 1 amide bonds. The fourth-order valence-electron chi connectivity index (χ4n) is 4.25. The van der Waals surface area contributed by atoms with Gasteiger partial charge in [-0.3, -0.25) is 9.59 Å². The molecule has 0 aliphatic carbocycles. The van der Waals surface area contributed by atoms with E-state index in [2.05, 4.69) is 9.88 Å². The molecule has 0 bridgehead atoms. The summed E-state index contributed by atoms with van der Waals surface area (Å²) in [4.78, 5) is 32.4. The lowest BCUT2D eigenvalue weighted by Crippen LogP contribution is -2.54. The number of carbonyl (C=O) groups is 1. The van der Waals surface area contributed by atoms with Crippen LogP contribution < -0.4 is 10.5 Å². The summed E-state index contributed by atoms with van der Waals surface area (Å²) in [6.45, 7) is 3.93. The second kappa shape index (κ2) is 7.02. The predicted octanol–water partition coefficient (Wildman–Crippen LogP) is 3.27. The van der Waals surface area contributed by atoms with Crippen molar-refractivity contribution in [1.82, 2.24) is 14.3 Å². The first kappa shape index (κ1) is 18.4. The van der Waals surface area contributed by atoms with Gasteiger partial charge in [-0.15, -0.1) is 0 Å². The number of rotatable bonds is 2. The normalized spacial score (nSPS) is 17.1. The van der Waals surface area contributed by atoms with E-state index in [1.807, 2.05) is 34.4 Å². The van der Waals surface area contributed by atoms with Gasteiger partial charge in [0.2, 0.25) is 0 Å². The van der Waals surface area contributed by atoms with E-state index in [4.69, 9.17) is 0 Å². The van der Waals surface area contributed by atoms with E-state index < -0.39 is 0 Å². The quantitative estimate of drug-likeness (QED) is 0.558. The maximum Gasteiger partial charge on any atom is 0.258 e. The summed E-state index contributed by atoms with van der Waals surface area (Å²) in [7, 11) is 0. The lowest BCUT2D eigenvalue weighted by atomic mass is 10.1. The number of aromatic amines is 1. The van der Waals surface area contributed by atoms with Gasteiger partial charge in [-0.05, 0) is 49.4 Å².